The van der Waals surface area contributed by atoms with Crippen LogP contribution in [0, 0.1) is 10.1 Å². The van der Waals surface area contributed by atoms with Gasteiger partial charge in [0, 0.05) is 23.4 Å². The summed E-state index contributed by atoms with van der Waals surface area (Å²) >= 11 is 1.89. The summed E-state index contributed by atoms with van der Waals surface area (Å²) < 4.78 is 0. The highest BCUT2D eigenvalue weighted by Crippen LogP contribution is 2.29. The number of hydrogen-bond acceptors (Lipinski definition) is 5. The third-order valence-electron chi connectivity index (χ3n) is 4.00. The van der Waals surface area contributed by atoms with E-state index in [2.05, 4.69) is 21.5 Å². The number of fused-ring (bicyclic) bond motifs is 1. The van der Waals surface area contributed by atoms with Crippen molar-refractivity contribution < 1.29 is 4.92 Å². The number of nitrogens with one attached hydrogen (secondary N) is 2. The highest BCUT2D eigenvalue weighted by molar-refractivity contribution is 7.99. The second-order valence-corrected chi connectivity index (χ2v) is 6.43. The average Bonchev–Trinajstić information content (AvgIpc) is 2.89. The number of hydrogen-bond donors (Lipinski definition) is 2. The number of thioether (sulfide) groups is 1. The SMILES string of the molecule is CSC1CCCCC1Nc1nc2ccc([N+](=O)[O-])cc2[nH]1. The number of nitro groups is 1. The summed E-state index contributed by atoms with van der Waals surface area (Å²) in [6.07, 6.45) is 7.04. The van der Waals surface area contributed by atoms with Crippen molar-refractivity contribution in [3.8, 4) is 0 Å². The molecule has 2 unspecified atom stereocenters. The lowest BCUT2D eigenvalue weighted by Gasteiger charge is -2.30. The van der Waals surface area contributed by atoms with Crippen LogP contribution < -0.4 is 5.32 Å². The van der Waals surface area contributed by atoms with Crippen LogP contribution in [0.25, 0.3) is 11.0 Å². The molecule has 21 heavy (non-hydrogen) atoms. The molecule has 3 rings (SSSR count). The second kappa shape index (κ2) is 5.93. The minimum atomic E-state index is -0.391. The number of nitrogens with zero attached hydrogens (tertiary/aromatic N) is 2. The van der Waals surface area contributed by atoms with E-state index in [9.17, 15) is 10.1 Å². The monoisotopic (exact) mass is 306 g/mol. The van der Waals surface area contributed by atoms with Gasteiger partial charge in [0.2, 0.25) is 5.95 Å². The van der Waals surface area contributed by atoms with E-state index in [-0.39, 0.29) is 5.69 Å². The molecule has 2 aromatic rings. The van der Waals surface area contributed by atoms with Crippen LogP contribution in [-0.2, 0) is 0 Å². The molecule has 0 amide bonds. The number of aromatic nitrogens is 2. The quantitative estimate of drug-likeness (QED) is 0.666. The lowest BCUT2D eigenvalue weighted by atomic mass is 9.95. The Morgan fingerprint density at radius 1 is 1.43 bits per heavy atom. The fourth-order valence-corrected chi connectivity index (χ4v) is 3.83. The van der Waals surface area contributed by atoms with Crippen molar-refractivity contribution in [3.63, 3.8) is 0 Å². The van der Waals surface area contributed by atoms with E-state index in [1.165, 1.54) is 31.4 Å². The number of nitro benzene ring substituents is 1. The van der Waals surface area contributed by atoms with Crippen molar-refractivity contribution in [2.75, 3.05) is 11.6 Å². The smallest absolute Gasteiger partial charge is 0.271 e. The zero-order valence-electron chi connectivity index (χ0n) is 11.8. The van der Waals surface area contributed by atoms with E-state index in [4.69, 9.17) is 0 Å². The van der Waals surface area contributed by atoms with Gasteiger partial charge in [-0.3, -0.25) is 10.1 Å². The Kier molecular flexibility index (Phi) is 4.01. The summed E-state index contributed by atoms with van der Waals surface area (Å²) in [5.74, 6) is 0.705. The van der Waals surface area contributed by atoms with Gasteiger partial charge in [-0.05, 0) is 25.2 Å². The summed E-state index contributed by atoms with van der Waals surface area (Å²) in [4.78, 5) is 18.0. The summed E-state index contributed by atoms with van der Waals surface area (Å²) in [5, 5.41) is 14.9. The predicted molar refractivity (Wildman–Crippen MR) is 85.9 cm³/mol. The largest absolute Gasteiger partial charge is 0.352 e. The average molecular weight is 306 g/mol. The van der Waals surface area contributed by atoms with E-state index in [1.807, 2.05) is 11.8 Å². The maximum absolute atomic E-state index is 10.8. The van der Waals surface area contributed by atoms with Crippen molar-refractivity contribution in [1.29, 1.82) is 0 Å². The van der Waals surface area contributed by atoms with E-state index < -0.39 is 4.92 Å². The molecule has 1 aliphatic rings. The standard InChI is InChI=1S/C14H18N4O2S/c1-21-13-5-3-2-4-11(13)16-14-15-10-7-6-9(18(19)20)8-12(10)17-14/h6-8,11,13H,2-5H2,1H3,(H2,15,16,17). The first kappa shape index (κ1) is 14.2. The molecule has 0 saturated heterocycles. The summed E-state index contributed by atoms with van der Waals surface area (Å²) in [6, 6.07) is 5.10. The van der Waals surface area contributed by atoms with Gasteiger partial charge in [0.15, 0.2) is 0 Å². The van der Waals surface area contributed by atoms with Crippen LogP contribution in [0.5, 0.6) is 0 Å². The van der Waals surface area contributed by atoms with Gasteiger partial charge in [0.25, 0.3) is 5.69 Å². The van der Waals surface area contributed by atoms with Crippen LogP contribution >= 0.6 is 11.8 Å². The second-order valence-electron chi connectivity index (χ2n) is 5.35. The van der Waals surface area contributed by atoms with Crippen molar-refractivity contribution >= 4 is 34.4 Å². The van der Waals surface area contributed by atoms with E-state index >= 15 is 0 Å². The molecule has 1 aliphatic carbocycles. The molecule has 112 valence electrons. The maximum Gasteiger partial charge on any atom is 0.271 e. The Morgan fingerprint density at radius 2 is 2.24 bits per heavy atom. The molecule has 1 aromatic heterocycles. The zero-order chi connectivity index (χ0) is 14.8. The fourth-order valence-electron chi connectivity index (χ4n) is 2.90. The van der Waals surface area contributed by atoms with Crippen LogP contribution in [0.15, 0.2) is 18.2 Å². The van der Waals surface area contributed by atoms with Crippen molar-refractivity contribution in [3.05, 3.63) is 28.3 Å². The van der Waals surface area contributed by atoms with Crippen LogP contribution in [0.4, 0.5) is 11.6 Å². The zero-order valence-corrected chi connectivity index (χ0v) is 12.7. The number of rotatable bonds is 4. The van der Waals surface area contributed by atoms with Gasteiger partial charge in [0.05, 0.1) is 16.0 Å². The molecule has 1 aromatic carbocycles. The number of benzene rings is 1. The molecule has 0 spiro atoms. The molecule has 0 bridgehead atoms. The third kappa shape index (κ3) is 2.97. The Morgan fingerprint density at radius 3 is 3.00 bits per heavy atom. The van der Waals surface area contributed by atoms with Gasteiger partial charge >= 0.3 is 0 Å². The van der Waals surface area contributed by atoms with Gasteiger partial charge in [-0.25, -0.2) is 4.98 Å². The molecule has 1 heterocycles. The molecular weight excluding hydrogens is 288 g/mol. The molecule has 2 atom stereocenters. The lowest BCUT2D eigenvalue weighted by Crippen LogP contribution is -2.34. The topological polar surface area (TPSA) is 83.8 Å². The summed E-state index contributed by atoms with van der Waals surface area (Å²) in [7, 11) is 0. The molecular formula is C14H18N4O2S. The molecule has 7 heteroatoms. The predicted octanol–water partition coefficient (Wildman–Crippen LogP) is 3.56. The highest BCUT2D eigenvalue weighted by atomic mass is 32.2. The minimum Gasteiger partial charge on any atom is -0.352 e. The van der Waals surface area contributed by atoms with Crippen molar-refractivity contribution in [2.24, 2.45) is 0 Å². The normalized spacial score (nSPS) is 22.3. The van der Waals surface area contributed by atoms with E-state index in [1.54, 1.807) is 6.07 Å². The van der Waals surface area contributed by atoms with Crippen LogP contribution in [0.2, 0.25) is 0 Å². The number of H-pyrrole nitrogens is 1. The van der Waals surface area contributed by atoms with Gasteiger partial charge in [0.1, 0.15) is 0 Å². The summed E-state index contributed by atoms with van der Waals surface area (Å²) in [5.41, 5.74) is 1.53. The van der Waals surface area contributed by atoms with E-state index in [0.29, 0.717) is 22.8 Å². The first-order valence-corrected chi connectivity index (χ1v) is 8.39. The Hall–Kier alpha value is -1.76. The van der Waals surface area contributed by atoms with Crippen LogP contribution in [-0.4, -0.2) is 32.4 Å². The van der Waals surface area contributed by atoms with Crippen LogP contribution in [0.1, 0.15) is 25.7 Å². The Bertz CT molecular complexity index is 657. The van der Waals surface area contributed by atoms with Crippen molar-refractivity contribution in [2.45, 2.75) is 37.0 Å². The van der Waals surface area contributed by atoms with Gasteiger partial charge in [-0.1, -0.05) is 12.8 Å². The number of anilines is 1. The fraction of sp³-hybridized carbons (Fsp3) is 0.500. The van der Waals surface area contributed by atoms with Gasteiger partial charge < -0.3 is 10.3 Å². The number of non-ortho nitro benzene ring substituents is 1. The first-order valence-electron chi connectivity index (χ1n) is 7.11. The van der Waals surface area contributed by atoms with Crippen molar-refractivity contribution in [1.82, 2.24) is 9.97 Å². The lowest BCUT2D eigenvalue weighted by molar-refractivity contribution is -0.384. The Balaban J connectivity index is 1.82. The summed E-state index contributed by atoms with van der Waals surface area (Å²) in [6.45, 7) is 0. The molecule has 0 aliphatic heterocycles. The maximum atomic E-state index is 10.8. The van der Waals surface area contributed by atoms with Gasteiger partial charge in [-0.15, -0.1) is 0 Å². The molecule has 1 fully saturated rings. The Labute approximate surface area is 126 Å². The molecule has 0 radical (unpaired) electrons. The minimum absolute atomic E-state index is 0.0809. The van der Waals surface area contributed by atoms with E-state index in [0.717, 1.165) is 11.9 Å². The third-order valence-corrected chi connectivity index (χ3v) is 5.17. The number of imidazole rings is 1. The number of aromatic amines is 1. The highest BCUT2D eigenvalue weighted by Gasteiger charge is 2.25. The molecule has 2 N–H and O–H groups in total. The first-order chi connectivity index (χ1) is 10.2. The van der Waals surface area contributed by atoms with Crippen LogP contribution in [0.3, 0.4) is 0 Å². The molecule has 6 nitrogen and oxygen atoms in total. The molecule has 1 saturated carbocycles. The van der Waals surface area contributed by atoms with Gasteiger partial charge in [-0.2, -0.15) is 11.8 Å².